The molecule has 0 radical (unpaired) electrons. The van der Waals surface area contributed by atoms with E-state index >= 15 is 0 Å². The molecule has 0 aromatic rings. The minimum atomic E-state index is -0.848. The maximum absolute atomic E-state index is 12.1. The molecule has 8 nitrogen and oxygen atoms in total. The van der Waals surface area contributed by atoms with Gasteiger partial charge in [0.25, 0.3) is 0 Å². The summed E-state index contributed by atoms with van der Waals surface area (Å²) in [5.74, 6) is -1.21. The molecular weight excluding hydrogens is 330 g/mol. The third-order valence-electron chi connectivity index (χ3n) is 3.90. The molecule has 25 heavy (non-hydrogen) atoms. The Balaban J connectivity index is 2.70. The maximum Gasteiger partial charge on any atom is 0.409 e. The molecule has 0 spiro atoms. The van der Waals surface area contributed by atoms with Crippen molar-refractivity contribution >= 4 is 18.0 Å². The molecular formula is C17H25NO7. The summed E-state index contributed by atoms with van der Waals surface area (Å²) in [5, 5.41) is 0. The Morgan fingerprint density at radius 3 is 1.92 bits per heavy atom. The highest BCUT2D eigenvalue weighted by Crippen LogP contribution is 2.25. The first-order valence-corrected chi connectivity index (χ1v) is 8.04. The minimum absolute atomic E-state index is 0.0610. The summed E-state index contributed by atoms with van der Waals surface area (Å²) < 4.78 is 20.7. The van der Waals surface area contributed by atoms with Gasteiger partial charge in [-0.1, -0.05) is 20.1 Å². The highest BCUT2D eigenvalue weighted by molar-refractivity contribution is 5.81. The number of morpholine rings is 1. The molecule has 1 heterocycles. The quantitative estimate of drug-likeness (QED) is 0.350. The van der Waals surface area contributed by atoms with Crippen molar-refractivity contribution < 1.29 is 33.3 Å². The Hall–Kier alpha value is -2.35. The van der Waals surface area contributed by atoms with E-state index in [1.165, 1.54) is 4.90 Å². The van der Waals surface area contributed by atoms with E-state index in [1.54, 1.807) is 0 Å². The van der Waals surface area contributed by atoms with E-state index in [0.29, 0.717) is 32.7 Å². The smallest absolute Gasteiger partial charge is 0.409 e. The first kappa shape index (κ1) is 20.7. The molecule has 1 amide bonds. The van der Waals surface area contributed by atoms with E-state index in [0.717, 1.165) is 12.2 Å². The van der Waals surface area contributed by atoms with Crippen LogP contribution >= 0.6 is 0 Å². The highest BCUT2D eigenvalue weighted by Gasteiger charge is 2.34. The third-order valence-corrected chi connectivity index (χ3v) is 3.90. The number of hydrogen-bond acceptors (Lipinski definition) is 7. The van der Waals surface area contributed by atoms with Crippen LogP contribution in [-0.4, -0.2) is 69.1 Å². The Morgan fingerprint density at radius 2 is 1.48 bits per heavy atom. The normalized spacial score (nSPS) is 14.4. The van der Waals surface area contributed by atoms with E-state index < -0.39 is 23.4 Å². The number of nitrogens with zero attached hydrogens (tertiary/aromatic N) is 1. The van der Waals surface area contributed by atoms with Gasteiger partial charge < -0.3 is 23.8 Å². The zero-order valence-corrected chi connectivity index (χ0v) is 14.5. The maximum atomic E-state index is 12.1. The van der Waals surface area contributed by atoms with Crippen molar-refractivity contribution in [3.05, 3.63) is 25.3 Å². The van der Waals surface area contributed by atoms with Gasteiger partial charge in [0.2, 0.25) is 0 Å². The van der Waals surface area contributed by atoms with Crippen molar-refractivity contribution in [1.29, 1.82) is 0 Å². The molecule has 0 saturated carbocycles. The van der Waals surface area contributed by atoms with Crippen LogP contribution in [0.15, 0.2) is 25.3 Å². The van der Waals surface area contributed by atoms with Crippen LogP contribution in [0, 0.1) is 5.41 Å². The molecule has 0 unspecified atom stereocenters. The topological polar surface area (TPSA) is 91.4 Å². The fourth-order valence-corrected chi connectivity index (χ4v) is 2.05. The van der Waals surface area contributed by atoms with Gasteiger partial charge in [-0.3, -0.25) is 0 Å². The van der Waals surface area contributed by atoms with E-state index in [-0.39, 0.29) is 19.8 Å². The van der Waals surface area contributed by atoms with Gasteiger partial charge in [0, 0.05) is 25.2 Å². The van der Waals surface area contributed by atoms with Gasteiger partial charge >= 0.3 is 18.0 Å². The molecule has 1 saturated heterocycles. The summed E-state index contributed by atoms with van der Waals surface area (Å²) in [4.78, 5) is 36.4. The number of ether oxygens (including phenoxy) is 4. The van der Waals surface area contributed by atoms with Crippen LogP contribution in [0.4, 0.5) is 4.79 Å². The first-order chi connectivity index (χ1) is 12.0. The number of carbonyl (C=O) groups is 3. The van der Waals surface area contributed by atoms with Crippen molar-refractivity contribution in [2.75, 3.05) is 46.1 Å². The van der Waals surface area contributed by atoms with Crippen LogP contribution < -0.4 is 0 Å². The largest absolute Gasteiger partial charge is 0.462 e. The number of carbonyl (C=O) groups excluding carboxylic acids is 3. The van der Waals surface area contributed by atoms with Crippen LogP contribution in [0.2, 0.25) is 0 Å². The number of amides is 1. The zero-order valence-electron chi connectivity index (χ0n) is 14.5. The second kappa shape index (κ2) is 10.5. The summed E-state index contributed by atoms with van der Waals surface area (Å²) in [6, 6.07) is 0. The lowest BCUT2D eigenvalue weighted by Gasteiger charge is -2.32. The Bertz CT molecular complexity index is 473. The van der Waals surface area contributed by atoms with E-state index in [2.05, 4.69) is 13.2 Å². The number of rotatable bonds is 9. The standard InChI is InChI=1S/C17H25NO7/c1-4-14(19)23-11-17(6-3,12-24-15(20)5-2)13-25-16(21)18-7-9-22-10-8-18/h4-5H,1-2,6-13H2,3H3. The van der Waals surface area contributed by atoms with Gasteiger partial charge in [-0.05, 0) is 6.42 Å². The molecule has 1 aliphatic rings. The molecule has 0 aliphatic carbocycles. The van der Waals surface area contributed by atoms with Crippen molar-refractivity contribution in [2.24, 2.45) is 5.41 Å². The average Bonchev–Trinajstić information content (AvgIpc) is 2.67. The molecule has 8 heteroatoms. The summed E-state index contributed by atoms with van der Waals surface area (Å²) in [5.41, 5.74) is -0.848. The third kappa shape index (κ3) is 6.96. The van der Waals surface area contributed by atoms with E-state index in [9.17, 15) is 14.4 Å². The fraction of sp³-hybridized carbons (Fsp3) is 0.588. The molecule has 0 aromatic heterocycles. The zero-order chi connectivity index (χ0) is 18.7. The van der Waals surface area contributed by atoms with Gasteiger partial charge in [-0.15, -0.1) is 0 Å². The predicted molar refractivity (Wildman–Crippen MR) is 88.8 cm³/mol. The monoisotopic (exact) mass is 355 g/mol. The fourth-order valence-electron chi connectivity index (χ4n) is 2.05. The summed E-state index contributed by atoms with van der Waals surface area (Å²) in [6.45, 7) is 10.1. The summed E-state index contributed by atoms with van der Waals surface area (Å²) in [6.07, 6.45) is 2.05. The minimum Gasteiger partial charge on any atom is -0.462 e. The van der Waals surface area contributed by atoms with Gasteiger partial charge in [0.1, 0.15) is 19.8 Å². The van der Waals surface area contributed by atoms with E-state index in [4.69, 9.17) is 18.9 Å². The van der Waals surface area contributed by atoms with Crippen LogP contribution in [-0.2, 0) is 28.5 Å². The highest BCUT2D eigenvalue weighted by atomic mass is 16.6. The van der Waals surface area contributed by atoms with E-state index in [1.807, 2.05) is 6.92 Å². The summed E-state index contributed by atoms with van der Waals surface area (Å²) in [7, 11) is 0. The molecule has 0 bridgehead atoms. The van der Waals surface area contributed by atoms with Crippen molar-refractivity contribution in [1.82, 2.24) is 4.90 Å². The van der Waals surface area contributed by atoms with Crippen LogP contribution in [0.25, 0.3) is 0 Å². The molecule has 1 aliphatic heterocycles. The van der Waals surface area contributed by atoms with Crippen molar-refractivity contribution in [3.8, 4) is 0 Å². The molecule has 1 rings (SSSR count). The lowest BCUT2D eigenvalue weighted by atomic mass is 9.88. The van der Waals surface area contributed by atoms with Crippen LogP contribution in [0.5, 0.6) is 0 Å². The number of esters is 2. The Kier molecular flexibility index (Phi) is 8.69. The molecule has 0 atom stereocenters. The van der Waals surface area contributed by atoms with Crippen LogP contribution in [0.1, 0.15) is 13.3 Å². The molecule has 0 aromatic carbocycles. The number of hydrogen-bond donors (Lipinski definition) is 0. The van der Waals surface area contributed by atoms with Gasteiger partial charge in [-0.25, -0.2) is 14.4 Å². The predicted octanol–water partition coefficient (Wildman–Crippen LogP) is 1.31. The Morgan fingerprint density at radius 1 is 1.00 bits per heavy atom. The lowest BCUT2D eigenvalue weighted by Crippen LogP contribution is -2.44. The van der Waals surface area contributed by atoms with Gasteiger partial charge in [-0.2, -0.15) is 0 Å². The molecule has 140 valence electrons. The first-order valence-electron chi connectivity index (χ1n) is 8.04. The van der Waals surface area contributed by atoms with Crippen LogP contribution in [0.3, 0.4) is 0 Å². The molecule has 0 N–H and O–H groups in total. The SMILES string of the molecule is C=CC(=O)OCC(CC)(COC(=O)C=C)COC(=O)N1CCOCC1. The average molecular weight is 355 g/mol. The Labute approximate surface area is 147 Å². The summed E-state index contributed by atoms with van der Waals surface area (Å²) >= 11 is 0. The molecule has 1 fully saturated rings. The second-order valence-electron chi connectivity index (χ2n) is 5.63. The van der Waals surface area contributed by atoms with Gasteiger partial charge in [0.05, 0.1) is 18.6 Å². The second-order valence-corrected chi connectivity index (χ2v) is 5.63. The lowest BCUT2D eigenvalue weighted by molar-refractivity contribution is -0.150. The van der Waals surface area contributed by atoms with Crippen molar-refractivity contribution in [2.45, 2.75) is 13.3 Å². The van der Waals surface area contributed by atoms with Gasteiger partial charge in [0.15, 0.2) is 0 Å². The van der Waals surface area contributed by atoms with Crippen molar-refractivity contribution in [3.63, 3.8) is 0 Å².